The summed E-state index contributed by atoms with van der Waals surface area (Å²) in [4.78, 5) is 12.2. The number of carbonyl (C=O) groups is 1. The monoisotopic (exact) mass is 310 g/mol. The van der Waals surface area contributed by atoms with Gasteiger partial charge in [0.1, 0.15) is 6.10 Å². The molecule has 3 atom stereocenters. The number of esters is 1. The Morgan fingerprint density at radius 3 is 2.39 bits per heavy atom. The normalized spacial score (nSPS) is 21.3. The van der Waals surface area contributed by atoms with Crippen LogP contribution in [0.1, 0.15) is 36.0 Å². The second-order valence-corrected chi connectivity index (χ2v) is 6.29. The van der Waals surface area contributed by atoms with E-state index in [1.54, 1.807) is 0 Å². The number of benzene rings is 2. The zero-order valence-electron chi connectivity index (χ0n) is 13.3. The maximum atomic E-state index is 12.2. The van der Waals surface area contributed by atoms with Gasteiger partial charge in [0, 0.05) is 12.8 Å². The fourth-order valence-corrected chi connectivity index (χ4v) is 3.15. The van der Waals surface area contributed by atoms with Gasteiger partial charge in [0.2, 0.25) is 0 Å². The van der Waals surface area contributed by atoms with Crippen molar-refractivity contribution in [2.24, 2.45) is 0 Å². The van der Waals surface area contributed by atoms with Crippen molar-refractivity contribution in [1.29, 1.82) is 0 Å². The molecule has 120 valence electrons. The van der Waals surface area contributed by atoms with E-state index in [4.69, 9.17) is 4.74 Å². The summed E-state index contributed by atoms with van der Waals surface area (Å²) in [7, 11) is 0. The van der Waals surface area contributed by atoms with Crippen molar-refractivity contribution >= 4 is 5.97 Å². The molecule has 0 aliphatic heterocycles. The van der Waals surface area contributed by atoms with Gasteiger partial charge in [-0.05, 0) is 22.6 Å². The van der Waals surface area contributed by atoms with E-state index in [-0.39, 0.29) is 11.9 Å². The zero-order valence-corrected chi connectivity index (χ0v) is 13.3. The molecule has 0 heterocycles. The van der Waals surface area contributed by atoms with E-state index >= 15 is 0 Å². The highest BCUT2D eigenvalue weighted by Gasteiger charge is 2.30. The van der Waals surface area contributed by atoms with Gasteiger partial charge in [0.25, 0.3) is 0 Å². The Kier molecular flexibility index (Phi) is 4.77. The Morgan fingerprint density at radius 1 is 1.09 bits per heavy atom. The topological polar surface area (TPSA) is 46.5 Å². The number of rotatable bonds is 4. The van der Waals surface area contributed by atoms with Gasteiger partial charge in [-0.3, -0.25) is 4.79 Å². The summed E-state index contributed by atoms with van der Waals surface area (Å²) in [5, 5.41) is 10.2. The van der Waals surface area contributed by atoms with E-state index in [9.17, 15) is 9.90 Å². The van der Waals surface area contributed by atoms with Gasteiger partial charge >= 0.3 is 5.97 Å². The van der Waals surface area contributed by atoms with Crippen LogP contribution in [-0.4, -0.2) is 23.3 Å². The summed E-state index contributed by atoms with van der Waals surface area (Å²) in [5.41, 5.74) is 3.43. The molecule has 23 heavy (non-hydrogen) atoms. The van der Waals surface area contributed by atoms with Crippen molar-refractivity contribution in [3.05, 3.63) is 71.3 Å². The molecule has 3 nitrogen and oxygen atoms in total. The molecule has 2 aromatic carbocycles. The summed E-state index contributed by atoms with van der Waals surface area (Å²) in [6.07, 6.45) is 0.390. The van der Waals surface area contributed by atoms with Crippen LogP contribution in [0.5, 0.6) is 0 Å². The minimum Gasteiger partial charge on any atom is -0.459 e. The van der Waals surface area contributed by atoms with Crippen molar-refractivity contribution in [2.45, 2.75) is 44.3 Å². The van der Waals surface area contributed by atoms with Crippen molar-refractivity contribution < 1.29 is 14.6 Å². The molecule has 1 aliphatic rings. The fraction of sp³-hybridized carbons (Fsp3) is 0.350. The van der Waals surface area contributed by atoms with Crippen molar-refractivity contribution in [3.63, 3.8) is 0 Å². The molecule has 0 saturated heterocycles. The molecule has 2 aromatic rings. The van der Waals surface area contributed by atoms with Gasteiger partial charge in [-0.2, -0.15) is 0 Å². The van der Waals surface area contributed by atoms with Gasteiger partial charge in [-0.15, -0.1) is 0 Å². The van der Waals surface area contributed by atoms with Crippen molar-refractivity contribution in [2.75, 3.05) is 0 Å². The number of ether oxygens (including phenoxy) is 1. The summed E-state index contributed by atoms with van der Waals surface area (Å²) >= 11 is 0. The predicted octanol–water partition coefficient (Wildman–Crippen LogP) is 3.25. The second kappa shape index (κ2) is 6.97. The van der Waals surface area contributed by atoms with Crippen LogP contribution in [-0.2, 0) is 22.4 Å². The zero-order chi connectivity index (χ0) is 16.2. The lowest BCUT2D eigenvalue weighted by molar-refractivity contribution is -0.155. The Bertz CT molecular complexity index is 666. The number of carbonyl (C=O) groups excluding carboxylic acids is 1. The number of fused-ring (bicyclic) bond motifs is 1. The maximum absolute atomic E-state index is 12.2. The minimum atomic E-state index is -0.624. The molecule has 0 saturated carbocycles. The maximum Gasteiger partial charge on any atom is 0.306 e. The lowest BCUT2D eigenvalue weighted by Crippen LogP contribution is -2.38. The van der Waals surface area contributed by atoms with Crippen LogP contribution < -0.4 is 0 Å². The first-order valence-corrected chi connectivity index (χ1v) is 8.12. The van der Waals surface area contributed by atoms with Crippen molar-refractivity contribution in [1.82, 2.24) is 0 Å². The number of aliphatic hydroxyl groups is 1. The molecular weight excluding hydrogens is 288 g/mol. The average Bonchev–Trinajstić information content (AvgIpc) is 2.56. The summed E-state index contributed by atoms with van der Waals surface area (Å²) in [5.74, 6) is -0.137. The molecule has 3 heteroatoms. The van der Waals surface area contributed by atoms with E-state index in [0.717, 1.165) is 16.7 Å². The summed E-state index contributed by atoms with van der Waals surface area (Å²) in [6, 6.07) is 17.9. The molecule has 0 aromatic heterocycles. The smallest absolute Gasteiger partial charge is 0.306 e. The largest absolute Gasteiger partial charge is 0.459 e. The molecule has 0 bridgehead atoms. The van der Waals surface area contributed by atoms with E-state index in [1.165, 1.54) is 0 Å². The second-order valence-electron chi connectivity index (χ2n) is 6.29. The first-order valence-electron chi connectivity index (χ1n) is 8.12. The van der Waals surface area contributed by atoms with Crippen LogP contribution in [0.25, 0.3) is 0 Å². The first-order chi connectivity index (χ1) is 11.1. The molecule has 1 aliphatic carbocycles. The van der Waals surface area contributed by atoms with E-state index in [1.807, 2.05) is 61.5 Å². The van der Waals surface area contributed by atoms with Gasteiger partial charge in [0.05, 0.1) is 12.5 Å². The lowest BCUT2D eigenvalue weighted by Gasteiger charge is -2.29. The van der Waals surface area contributed by atoms with Gasteiger partial charge < -0.3 is 9.84 Å². The number of hydrogen-bond acceptors (Lipinski definition) is 3. The van der Waals surface area contributed by atoms with Crippen LogP contribution in [0.3, 0.4) is 0 Å². The molecular formula is C20H22O3. The van der Waals surface area contributed by atoms with Crippen molar-refractivity contribution in [3.8, 4) is 0 Å². The standard InChI is InChI=1S/C20H22O3/c1-14(15-7-3-2-4-8-15)11-20(22)23-19-13-17-10-6-5-9-16(17)12-18(19)21/h2-10,14,18-19,21H,11-13H2,1H3/t14-,18+,19+/m0/s1. The molecule has 0 radical (unpaired) electrons. The SMILES string of the molecule is C[C@@H](CC(=O)O[C@@H]1Cc2ccccc2C[C@H]1O)c1ccccc1. The van der Waals surface area contributed by atoms with Gasteiger partial charge in [0.15, 0.2) is 0 Å². The van der Waals surface area contributed by atoms with Crippen LogP contribution in [0.4, 0.5) is 0 Å². The van der Waals surface area contributed by atoms with Crippen LogP contribution in [0.2, 0.25) is 0 Å². The third kappa shape index (κ3) is 3.80. The van der Waals surface area contributed by atoms with Gasteiger partial charge in [-0.25, -0.2) is 0 Å². The minimum absolute atomic E-state index is 0.108. The summed E-state index contributed by atoms with van der Waals surface area (Å²) in [6.45, 7) is 2.02. The van der Waals surface area contributed by atoms with Crippen LogP contribution in [0, 0.1) is 0 Å². The molecule has 3 rings (SSSR count). The third-order valence-corrected chi connectivity index (χ3v) is 4.52. The van der Waals surface area contributed by atoms with Gasteiger partial charge in [-0.1, -0.05) is 61.5 Å². The fourth-order valence-electron chi connectivity index (χ4n) is 3.15. The third-order valence-electron chi connectivity index (χ3n) is 4.52. The quantitative estimate of drug-likeness (QED) is 0.882. The molecule has 0 unspecified atom stereocenters. The first kappa shape index (κ1) is 15.8. The highest BCUT2D eigenvalue weighted by Crippen LogP contribution is 2.25. The number of hydrogen-bond donors (Lipinski definition) is 1. The Labute approximate surface area is 136 Å². The predicted molar refractivity (Wildman–Crippen MR) is 89.2 cm³/mol. The van der Waals surface area contributed by atoms with E-state index in [0.29, 0.717) is 19.3 Å². The Morgan fingerprint density at radius 2 is 1.70 bits per heavy atom. The Hall–Kier alpha value is -2.13. The molecule has 0 fully saturated rings. The van der Waals surface area contributed by atoms with Crippen LogP contribution in [0.15, 0.2) is 54.6 Å². The molecule has 0 amide bonds. The average molecular weight is 310 g/mol. The highest BCUT2D eigenvalue weighted by atomic mass is 16.6. The van der Waals surface area contributed by atoms with E-state index < -0.39 is 12.2 Å². The van der Waals surface area contributed by atoms with Crippen LogP contribution >= 0.6 is 0 Å². The van der Waals surface area contributed by atoms with E-state index in [2.05, 4.69) is 0 Å². The lowest BCUT2D eigenvalue weighted by atomic mass is 9.87. The molecule has 1 N–H and O–H groups in total. The summed E-state index contributed by atoms with van der Waals surface area (Å²) < 4.78 is 5.56. The highest BCUT2D eigenvalue weighted by molar-refractivity contribution is 5.70. The Balaban J connectivity index is 1.60. The number of aliphatic hydroxyl groups excluding tert-OH is 1. The molecule has 0 spiro atoms.